The zero-order valence-corrected chi connectivity index (χ0v) is 14.4. The fourth-order valence-electron chi connectivity index (χ4n) is 2.74. The van der Waals surface area contributed by atoms with Crippen LogP contribution in [0.4, 0.5) is 0 Å². The maximum absolute atomic E-state index is 12.3. The predicted octanol–water partition coefficient (Wildman–Crippen LogP) is 2.60. The van der Waals surface area contributed by atoms with Crippen LogP contribution in [-0.4, -0.2) is 38.9 Å². The molecule has 0 saturated heterocycles. The normalized spacial score (nSPS) is 29.9. The average molecular weight is 312 g/mol. The third-order valence-corrected chi connectivity index (χ3v) is 5.23. The number of rotatable bonds is 8. The van der Waals surface area contributed by atoms with Crippen molar-refractivity contribution in [1.29, 1.82) is 0 Å². The van der Waals surface area contributed by atoms with E-state index in [1.807, 2.05) is 6.92 Å². The Morgan fingerprint density at radius 3 is 2.45 bits per heavy atom. The van der Waals surface area contributed by atoms with Crippen LogP contribution in [0.1, 0.15) is 66.2 Å². The number of ketones is 1. The standard InChI is InChI=1S/C18H32O4/c1-5-12(2)8-9-18(22)16(20)10-15(11-17(18)21)7-6-13(3)14(4)19/h10,12-14,17,19,21-22H,5-9,11H2,1-4H3/t12-,13-,14?,17-,18-/m1/s1. The molecule has 128 valence electrons. The highest BCUT2D eigenvalue weighted by Crippen LogP contribution is 2.33. The Kier molecular flexibility index (Phi) is 7.23. The molecular weight excluding hydrogens is 280 g/mol. The monoisotopic (exact) mass is 312 g/mol. The maximum Gasteiger partial charge on any atom is 0.189 e. The van der Waals surface area contributed by atoms with E-state index >= 15 is 0 Å². The van der Waals surface area contributed by atoms with Gasteiger partial charge >= 0.3 is 0 Å². The summed E-state index contributed by atoms with van der Waals surface area (Å²) in [6, 6.07) is 0. The van der Waals surface area contributed by atoms with Crippen molar-refractivity contribution in [3.63, 3.8) is 0 Å². The maximum atomic E-state index is 12.3. The predicted molar refractivity (Wildman–Crippen MR) is 87.4 cm³/mol. The molecule has 0 saturated carbocycles. The lowest BCUT2D eigenvalue weighted by Crippen LogP contribution is -2.51. The lowest BCUT2D eigenvalue weighted by atomic mass is 9.76. The van der Waals surface area contributed by atoms with E-state index in [0.717, 1.165) is 24.8 Å². The molecule has 1 aliphatic carbocycles. The lowest BCUT2D eigenvalue weighted by Gasteiger charge is -2.35. The summed E-state index contributed by atoms with van der Waals surface area (Å²) in [7, 11) is 0. The third kappa shape index (κ3) is 4.90. The van der Waals surface area contributed by atoms with Crippen molar-refractivity contribution in [2.45, 2.75) is 84.0 Å². The summed E-state index contributed by atoms with van der Waals surface area (Å²) in [5, 5.41) is 30.3. The summed E-state index contributed by atoms with van der Waals surface area (Å²) in [6.07, 6.45) is 3.95. The second-order valence-electron chi connectivity index (χ2n) is 7.12. The van der Waals surface area contributed by atoms with E-state index in [9.17, 15) is 20.1 Å². The molecule has 5 atom stereocenters. The number of aliphatic hydroxyl groups is 3. The van der Waals surface area contributed by atoms with Crippen LogP contribution in [0.25, 0.3) is 0 Å². The van der Waals surface area contributed by atoms with Crippen molar-refractivity contribution in [3.8, 4) is 0 Å². The Hall–Kier alpha value is -0.710. The molecule has 1 unspecified atom stereocenters. The van der Waals surface area contributed by atoms with Gasteiger partial charge in [0, 0.05) is 0 Å². The van der Waals surface area contributed by atoms with E-state index < -0.39 is 11.7 Å². The topological polar surface area (TPSA) is 77.8 Å². The molecule has 0 amide bonds. The molecule has 0 aliphatic heterocycles. The van der Waals surface area contributed by atoms with Gasteiger partial charge in [0.25, 0.3) is 0 Å². The molecule has 1 aliphatic rings. The first-order valence-electron chi connectivity index (χ1n) is 8.53. The highest BCUT2D eigenvalue weighted by Gasteiger charge is 2.44. The summed E-state index contributed by atoms with van der Waals surface area (Å²) in [5.74, 6) is 0.218. The van der Waals surface area contributed by atoms with E-state index in [2.05, 4.69) is 13.8 Å². The van der Waals surface area contributed by atoms with Gasteiger partial charge in [-0.3, -0.25) is 4.79 Å². The van der Waals surface area contributed by atoms with Crippen LogP contribution in [0.5, 0.6) is 0 Å². The smallest absolute Gasteiger partial charge is 0.189 e. The van der Waals surface area contributed by atoms with Crippen LogP contribution < -0.4 is 0 Å². The summed E-state index contributed by atoms with van der Waals surface area (Å²) >= 11 is 0. The molecule has 0 spiro atoms. The highest BCUT2D eigenvalue weighted by atomic mass is 16.3. The van der Waals surface area contributed by atoms with E-state index in [0.29, 0.717) is 25.2 Å². The van der Waals surface area contributed by atoms with Gasteiger partial charge in [-0.2, -0.15) is 0 Å². The number of hydrogen-bond acceptors (Lipinski definition) is 4. The van der Waals surface area contributed by atoms with Gasteiger partial charge < -0.3 is 15.3 Å². The lowest BCUT2D eigenvalue weighted by molar-refractivity contribution is -0.148. The van der Waals surface area contributed by atoms with E-state index in [1.165, 1.54) is 6.08 Å². The van der Waals surface area contributed by atoms with Gasteiger partial charge in [0.2, 0.25) is 0 Å². The molecule has 0 bridgehead atoms. The first kappa shape index (κ1) is 19.3. The molecule has 0 heterocycles. The van der Waals surface area contributed by atoms with Crippen LogP contribution in [0.15, 0.2) is 11.6 Å². The summed E-state index contributed by atoms with van der Waals surface area (Å²) in [5.41, 5.74) is -0.749. The second kappa shape index (κ2) is 8.23. The van der Waals surface area contributed by atoms with E-state index in [4.69, 9.17) is 0 Å². The zero-order chi connectivity index (χ0) is 16.9. The van der Waals surface area contributed by atoms with Crippen molar-refractivity contribution in [3.05, 3.63) is 11.6 Å². The van der Waals surface area contributed by atoms with Gasteiger partial charge in [0.15, 0.2) is 11.4 Å². The Bertz CT molecular complexity index is 402. The van der Waals surface area contributed by atoms with Crippen molar-refractivity contribution >= 4 is 5.78 Å². The molecule has 1 rings (SSSR count). The molecule has 0 aromatic heterocycles. The molecule has 0 aromatic carbocycles. The molecule has 3 N–H and O–H groups in total. The highest BCUT2D eigenvalue weighted by molar-refractivity contribution is 5.99. The Labute approximate surface area is 134 Å². The average Bonchev–Trinajstić information content (AvgIpc) is 2.47. The minimum absolute atomic E-state index is 0.152. The van der Waals surface area contributed by atoms with Gasteiger partial charge in [-0.15, -0.1) is 0 Å². The van der Waals surface area contributed by atoms with Gasteiger partial charge in [-0.05, 0) is 56.9 Å². The number of carbonyl (C=O) groups is 1. The van der Waals surface area contributed by atoms with E-state index in [1.54, 1.807) is 6.92 Å². The van der Waals surface area contributed by atoms with Crippen molar-refractivity contribution in [1.82, 2.24) is 0 Å². The van der Waals surface area contributed by atoms with Crippen LogP contribution in [-0.2, 0) is 4.79 Å². The van der Waals surface area contributed by atoms with Crippen LogP contribution in [0, 0.1) is 11.8 Å². The van der Waals surface area contributed by atoms with Crippen LogP contribution in [0.2, 0.25) is 0 Å². The van der Waals surface area contributed by atoms with Crippen molar-refractivity contribution in [2.75, 3.05) is 0 Å². The Morgan fingerprint density at radius 2 is 1.95 bits per heavy atom. The molecule has 4 heteroatoms. The molecule has 0 aromatic rings. The van der Waals surface area contributed by atoms with Crippen LogP contribution >= 0.6 is 0 Å². The minimum Gasteiger partial charge on any atom is -0.393 e. The quantitative estimate of drug-likeness (QED) is 0.644. The molecule has 22 heavy (non-hydrogen) atoms. The third-order valence-electron chi connectivity index (χ3n) is 5.23. The summed E-state index contributed by atoms with van der Waals surface area (Å²) < 4.78 is 0. The number of carbonyl (C=O) groups excluding carboxylic acids is 1. The van der Waals surface area contributed by atoms with E-state index in [-0.39, 0.29) is 17.8 Å². The fourth-order valence-corrected chi connectivity index (χ4v) is 2.74. The largest absolute Gasteiger partial charge is 0.393 e. The first-order valence-corrected chi connectivity index (χ1v) is 8.53. The zero-order valence-electron chi connectivity index (χ0n) is 14.4. The summed E-state index contributed by atoms with van der Waals surface area (Å²) in [4.78, 5) is 12.3. The van der Waals surface area contributed by atoms with Gasteiger partial charge in [0.05, 0.1) is 12.2 Å². The number of hydrogen-bond donors (Lipinski definition) is 3. The molecule has 0 radical (unpaired) electrons. The van der Waals surface area contributed by atoms with Crippen molar-refractivity contribution in [2.24, 2.45) is 11.8 Å². The van der Waals surface area contributed by atoms with Crippen molar-refractivity contribution < 1.29 is 20.1 Å². The molecular formula is C18H32O4. The van der Waals surface area contributed by atoms with Crippen LogP contribution in [0.3, 0.4) is 0 Å². The SMILES string of the molecule is CC[C@@H](C)CC[C@@]1(O)C(=O)C=C(CC[C@@H](C)C(C)O)C[C@H]1O. The Balaban J connectivity index is 2.66. The number of aliphatic hydroxyl groups excluding tert-OH is 2. The second-order valence-corrected chi connectivity index (χ2v) is 7.12. The Morgan fingerprint density at radius 1 is 1.32 bits per heavy atom. The van der Waals surface area contributed by atoms with Gasteiger partial charge in [-0.1, -0.05) is 32.8 Å². The van der Waals surface area contributed by atoms with Gasteiger partial charge in [-0.25, -0.2) is 0 Å². The fraction of sp³-hybridized carbons (Fsp3) is 0.833. The first-order chi connectivity index (χ1) is 10.2. The molecule has 0 fully saturated rings. The minimum atomic E-state index is -1.62. The van der Waals surface area contributed by atoms with Gasteiger partial charge in [0.1, 0.15) is 0 Å². The summed E-state index contributed by atoms with van der Waals surface area (Å²) in [6.45, 7) is 7.89. The molecule has 4 nitrogen and oxygen atoms in total.